The fourth-order valence-electron chi connectivity index (χ4n) is 3.13. The van der Waals surface area contributed by atoms with E-state index < -0.39 is 0 Å². The number of anilines is 2. The lowest BCUT2D eigenvalue weighted by molar-refractivity contribution is -0.117. The van der Waals surface area contributed by atoms with Crippen LogP contribution in [0.15, 0.2) is 81.6 Å². The average Bonchev–Trinajstić information content (AvgIpc) is 2.75. The molecule has 5 nitrogen and oxygen atoms in total. The predicted molar refractivity (Wildman–Crippen MR) is 121 cm³/mol. The molecule has 0 spiro atoms. The van der Waals surface area contributed by atoms with E-state index in [4.69, 9.17) is 11.6 Å². The topological polar surface area (TPSA) is 61.8 Å². The molecule has 1 aliphatic heterocycles. The third-order valence-corrected chi connectivity index (χ3v) is 6.09. The lowest BCUT2D eigenvalue weighted by atomic mass is 10.1. The number of para-hydroxylation sites is 1. The third-order valence-electron chi connectivity index (χ3n) is 4.61. The Morgan fingerprint density at radius 3 is 2.57 bits per heavy atom. The number of carbonyl (C=O) groups excluding carboxylic acids is 2. The fraction of sp³-hybridized carbons (Fsp3) is 0.0870. The van der Waals surface area contributed by atoms with Crippen molar-refractivity contribution < 1.29 is 9.59 Å². The first-order valence-electron chi connectivity index (χ1n) is 9.30. The molecule has 150 valence electrons. The number of hydrazone groups is 1. The van der Waals surface area contributed by atoms with Crippen LogP contribution in [0.25, 0.3) is 0 Å². The number of carbonyl (C=O) groups is 2. The quantitative estimate of drug-likeness (QED) is 0.336. The van der Waals surface area contributed by atoms with E-state index >= 15 is 0 Å². The van der Waals surface area contributed by atoms with Gasteiger partial charge in [-0.05, 0) is 37.3 Å². The summed E-state index contributed by atoms with van der Waals surface area (Å²) in [6.45, 7) is 1.51. The van der Waals surface area contributed by atoms with Crippen molar-refractivity contribution in [3.63, 3.8) is 0 Å². The van der Waals surface area contributed by atoms with Gasteiger partial charge in [0.05, 0.1) is 17.6 Å². The summed E-state index contributed by atoms with van der Waals surface area (Å²) in [7, 11) is 0. The maximum atomic E-state index is 13.2. The molecule has 7 heteroatoms. The highest BCUT2D eigenvalue weighted by Crippen LogP contribution is 2.48. The predicted octanol–water partition coefficient (Wildman–Crippen LogP) is 5.30. The highest BCUT2D eigenvalue weighted by molar-refractivity contribution is 7.99. The molecule has 0 atom stereocenters. The number of rotatable bonds is 5. The molecule has 0 unspecified atom stereocenters. The van der Waals surface area contributed by atoms with Gasteiger partial charge in [-0.2, -0.15) is 5.10 Å². The van der Waals surface area contributed by atoms with Crippen LogP contribution in [-0.4, -0.2) is 24.4 Å². The van der Waals surface area contributed by atoms with Crippen molar-refractivity contribution in [2.75, 3.05) is 11.4 Å². The lowest BCUT2D eigenvalue weighted by Gasteiger charge is -2.31. The van der Waals surface area contributed by atoms with E-state index in [0.717, 1.165) is 21.0 Å². The molecule has 3 aromatic carbocycles. The number of hydrogen-bond donors (Lipinski definition) is 1. The van der Waals surface area contributed by atoms with Gasteiger partial charge in [-0.1, -0.05) is 59.8 Å². The first-order chi connectivity index (χ1) is 14.5. The van der Waals surface area contributed by atoms with Crippen molar-refractivity contribution in [3.05, 3.63) is 82.9 Å². The number of nitrogens with one attached hydrogen (secondary N) is 1. The Morgan fingerprint density at radius 1 is 1.03 bits per heavy atom. The molecule has 4 rings (SSSR count). The number of nitrogens with zero attached hydrogens (tertiary/aromatic N) is 2. The number of benzene rings is 3. The number of ketones is 1. The second-order valence-corrected chi connectivity index (χ2v) is 8.14. The van der Waals surface area contributed by atoms with Gasteiger partial charge in [0.2, 0.25) is 0 Å². The third kappa shape index (κ3) is 4.10. The molecule has 1 heterocycles. The van der Waals surface area contributed by atoms with Crippen LogP contribution in [-0.2, 0) is 4.79 Å². The summed E-state index contributed by atoms with van der Waals surface area (Å²) < 4.78 is 0. The van der Waals surface area contributed by atoms with E-state index in [0.29, 0.717) is 16.3 Å². The van der Waals surface area contributed by atoms with E-state index in [9.17, 15) is 9.59 Å². The fourth-order valence-corrected chi connectivity index (χ4v) is 4.35. The molecular weight excluding hydrogens is 418 g/mol. The number of fused-ring (bicyclic) bond motifs is 2. The minimum absolute atomic E-state index is 0.0102. The Kier molecular flexibility index (Phi) is 5.88. The number of amides is 1. The van der Waals surface area contributed by atoms with Crippen molar-refractivity contribution >= 4 is 52.6 Å². The van der Waals surface area contributed by atoms with Crippen molar-refractivity contribution in [2.24, 2.45) is 5.10 Å². The number of halogens is 1. The summed E-state index contributed by atoms with van der Waals surface area (Å²) in [5.41, 5.74) is 5.62. The Bertz CT molecular complexity index is 1160. The molecule has 1 amide bonds. The molecule has 0 fully saturated rings. The van der Waals surface area contributed by atoms with E-state index in [1.54, 1.807) is 41.1 Å². The van der Waals surface area contributed by atoms with Gasteiger partial charge >= 0.3 is 0 Å². The second kappa shape index (κ2) is 8.73. The molecule has 1 N–H and O–H groups in total. The van der Waals surface area contributed by atoms with Crippen LogP contribution < -0.4 is 10.3 Å². The van der Waals surface area contributed by atoms with E-state index in [1.165, 1.54) is 6.92 Å². The summed E-state index contributed by atoms with van der Waals surface area (Å²) in [5.74, 6) is -0.225. The lowest BCUT2D eigenvalue weighted by Crippen LogP contribution is -2.35. The Balaban J connectivity index is 1.59. The molecule has 3 aromatic rings. The van der Waals surface area contributed by atoms with Crippen molar-refractivity contribution in [1.82, 2.24) is 5.43 Å². The normalized spacial score (nSPS) is 12.4. The summed E-state index contributed by atoms with van der Waals surface area (Å²) >= 11 is 7.70. The minimum atomic E-state index is -0.180. The smallest absolute Gasteiger partial charge is 0.252 e. The Morgan fingerprint density at radius 2 is 1.77 bits per heavy atom. The molecule has 1 aliphatic rings. The van der Waals surface area contributed by atoms with Crippen LogP contribution in [0.2, 0.25) is 5.02 Å². The molecule has 30 heavy (non-hydrogen) atoms. The molecule has 0 aliphatic carbocycles. The van der Waals surface area contributed by atoms with Gasteiger partial charge in [0.25, 0.3) is 5.91 Å². The first kappa shape index (κ1) is 20.2. The zero-order valence-electron chi connectivity index (χ0n) is 16.1. The maximum absolute atomic E-state index is 13.2. The van der Waals surface area contributed by atoms with Crippen molar-refractivity contribution in [1.29, 1.82) is 0 Å². The van der Waals surface area contributed by atoms with Crippen LogP contribution in [0.3, 0.4) is 0 Å². The zero-order chi connectivity index (χ0) is 21.1. The standard InChI is InChI=1S/C23H18ClN3O2S/c1-15(28)16-10-11-22-20(12-16)27(19-8-4-5-9-21(19)30-22)23(29)14-26-25-13-17-6-2-3-7-18(17)24/h2-13,26H,14H2,1H3. The molecule has 0 saturated heterocycles. The molecule has 0 aromatic heterocycles. The van der Waals surface area contributed by atoms with Crippen LogP contribution in [0.1, 0.15) is 22.8 Å². The van der Waals surface area contributed by atoms with Crippen molar-refractivity contribution in [2.45, 2.75) is 16.7 Å². The average molecular weight is 436 g/mol. The number of Topliss-reactive ketones (excluding diaryl/α,β-unsaturated/α-hetero) is 1. The van der Waals surface area contributed by atoms with Gasteiger partial charge in [0.15, 0.2) is 5.78 Å². The van der Waals surface area contributed by atoms with Gasteiger partial charge in [-0.3, -0.25) is 14.5 Å². The van der Waals surface area contributed by atoms with Crippen LogP contribution >= 0.6 is 23.4 Å². The second-order valence-electron chi connectivity index (χ2n) is 6.65. The summed E-state index contributed by atoms with van der Waals surface area (Å²) in [5, 5.41) is 4.71. The van der Waals surface area contributed by atoms with Gasteiger partial charge in [-0.15, -0.1) is 0 Å². The molecule has 0 radical (unpaired) electrons. The minimum Gasteiger partial charge on any atom is -0.301 e. The Hall–Kier alpha value is -3.09. The van der Waals surface area contributed by atoms with Gasteiger partial charge < -0.3 is 5.43 Å². The molecule has 0 saturated carbocycles. The van der Waals surface area contributed by atoms with Gasteiger partial charge in [0, 0.05) is 25.9 Å². The first-order valence-corrected chi connectivity index (χ1v) is 10.5. The summed E-state index contributed by atoms with van der Waals surface area (Å²) in [4.78, 5) is 28.6. The highest BCUT2D eigenvalue weighted by atomic mass is 35.5. The summed E-state index contributed by atoms with van der Waals surface area (Å²) in [6, 6.07) is 20.5. The number of hydrogen-bond acceptors (Lipinski definition) is 5. The van der Waals surface area contributed by atoms with Gasteiger partial charge in [-0.25, -0.2) is 0 Å². The van der Waals surface area contributed by atoms with Crippen LogP contribution in [0.4, 0.5) is 11.4 Å². The maximum Gasteiger partial charge on any atom is 0.252 e. The van der Waals surface area contributed by atoms with Crippen LogP contribution in [0.5, 0.6) is 0 Å². The van der Waals surface area contributed by atoms with Crippen LogP contribution in [0, 0.1) is 0 Å². The van der Waals surface area contributed by atoms with Crippen molar-refractivity contribution in [3.8, 4) is 0 Å². The summed E-state index contributed by atoms with van der Waals surface area (Å²) in [6.07, 6.45) is 1.58. The SMILES string of the molecule is CC(=O)c1ccc2c(c1)N(C(=O)CNN=Cc1ccccc1Cl)c1ccccc1S2. The van der Waals surface area contributed by atoms with Gasteiger partial charge in [0.1, 0.15) is 6.54 Å². The monoisotopic (exact) mass is 435 g/mol. The molecular formula is C23H18ClN3O2S. The zero-order valence-corrected chi connectivity index (χ0v) is 17.7. The highest BCUT2D eigenvalue weighted by Gasteiger charge is 2.28. The van der Waals surface area contributed by atoms with E-state index in [2.05, 4.69) is 10.5 Å². The van der Waals surface area contributed by atoms with E-state index in [1.807, 2.05) is 48.5 Å². The van der Waals surface area contributed by atoms with E-state index in [-0.39, 0.29) is 18.2 Å². The largest absolute Gasteiger partial charge is 0.301 e. The Labute approximate surface area is 183 Å². The molecule has 0 bridgehead atoms.